The first kappa shape index (κ1) is 27.9. The van der Waals surface area contributed by atoms with Gasteiger partial charge in [0.2, 0.25) is 0 Å². The molecule has 2 nitrogen and oxygen atoms in total. The lowest BCUT2D eigenvalue weighted by molar-refractivity contribution is 0.0366. The lowest BCUT2D eigenvalue weighted by Crippen LogP contribution is -2.32. The van der Waals surface area contributed by atoms with Crippen LogP contribution in [0.3, 0.4) is 0 Å². The van der Waals surface area contributed by atoms with Crippen LogP contribution in [-0.2, 0) is 4.74 Å². The first-order chi connectivity index (χ1) is 14.5. The third-order valence-corrected chi connectivity index (χ3v) is 7.87. The van der Waals surface area contributed by atoms with Gasteiger partial charge < -0.3 is 9.84 Å². The van der Waals surface area contributed by atoms with Gasteiger partial charge in [0.1, 0.15) is 0 Å². The summed E-state index contributed by atoms with van der Waals surface area (Å²) in [6.07, 6.45) is 18.9. The van der Waals surface area contributed by atoms with Crippen molar-refractivity contribution in [2.75, 3.05) is 13.7 Å². The summed E-state index contributed by atoms with van der Waals surface area (Å²) < 4.78 is 5.31. The van der Waals surface area contributed by atoms with Crippen LogP contribution in [0.5, 0.6) is 0 Å². The zero-order valence-corrected chi connectivity index (χ0v) is 19.7. The summed E-state index contributed by atoms with van der Waals surface area (Å²) in [6, 6.07) is 0. The Hall–Kier alpha value is -1.12. The minimum Gasteiger partial charge on any atom is -0.393 e. The van der Waals surface area contributed by atoms with Gasteiger partial charge in [0.25, 0.3) is 0 Å². The summed E-state index contributed by atoms with van der Waals surface area (Å²) in [5, 5.41) is 11.2. The number of allylic oxidation sites excluding steroid dienone is 5. The van der Waals surface area contributed by atoms with Crippen LogP contribution in [0.15, 0.2) is 49.1 Å². The highest BCUT2D eigenvalue weighted by Crippen LogP contribution is 2.47. The monoisotopic (exact) mass is 430 g/mol. The van der Waals surface area contributed by atoms with Crippen LogP contribution in [0.25, 0.3) is 0 Å². The summed E-state index contributed by atoms with van der Waals surface area (Å²) in [6.45, 7) is 15.1. The lowest BCUT2D eigenvalue weighted by Gasteiger charge is -2.42. The fraction of sp³-hybridized carbons (Fsp3) is 0.724. The molecule has 2 aliphatic rings. The molecule has 2 rings (SSSR count). The molecule has 0 spiro atoms. The first-order valence-corrected chi connectivity index (χ1v) is 12.3. The Morgan fingerprint density at radius 2 is 1.81 bits per heavy atom. The highest BCUT2D eigenvalue weighted by molar-refractivity contribution is 5.21. The molecule has 6 unspecified atom stereocenters. The van der Waals surface area contributed by atoms with Gasteiger partial charge in [-0.3, -0.25) is 0 Å². The van der Waals surface area contributed by atoms with Gasteiger partial charge in [-0.2, -0.15) is 0 Å². The molecule has 0 aromatic carbocycles. The molecule has 2 saturated carbocycles. The minimum absolute atomic E-state index is 0. The molecule has 0 aromatic rings. The van der Waals surface area contributed by atoms with Gasteiger partial charge in [-0.25, -0.2) is 0 Å². The van der Waals surface area contributed by atoms with Gasteiger partial charge in [0, 0.05) is 13.7 Å². The van der Waals surface area contributed by atoms with E-state index in [1.807, 2.05) is 12.2 Å². The fourth-order valence-corrected chi connectivity index (χ4v) is 6.02. The van der Waals surface area contributed by atoms with Crippen LogP contribution < -0.4 is 0 Å². The Morgan fingerprint density at radius 3 is 2.48 bits per heavy atom. The second-order valence-electron chi connectivity index (χ2n) is 9.84. The Balaban J connectivity index is 0.00000480. The van der Waals surface area contributed by atoms with Crippen molar-refractivity contribution in [3.8, 4) is 0 Å². The lowest BCUT2D eigenvalue weighted by atomic mass is 9.63. The summed E-state index contributed by atoms with van der Waals surface area (Å²) in [5.74, 6) is 2.98. The Labute approximate surface area is 193 Å². The number of hydrogen-bond donors (Lipinski definition) is 1. The van der Waals surface area contributed by atoms with Gasteiger partial charge in [-0.1, -0.05) is 90.0 Å². The summed E-state index contributed by atoms with van der Waals surface area (Å²) in [7, 11) is 1.73. The first-order valence-electron chi connectivity index (χ1n) is 12.3. The van der Waals surface area contributed by atoms with Gasteiger partial charge >= 0.3 is 0 Å². The van der Waals surface area contributed by atoms with E-state index in [1.165, 1.54) is 50.5 Å². The maximum absolute atomic E-state index is 11.2. The van der Waals surface area contributed by atoms with E-state index < -0.39 is 0 Å². The molecule has 0 heterocycles. The third kappa shape index (κ3) is 8.39. The summed E-state index contributed by atoms with van der Waals surface area (Å²) in [5.41, 5.74) is 2.59. The maximum atomic E-state index is 11.2. The van der Waals surface area contributed by atoms with Crippen molar-refractivity contribution in [1.29, 1.82) is 0 Å². The molecular formula is C29H50O2. The number of aliphatic hydroxyl groups excluding tert-OH is 1. The van der Waals surface area contributed by atoms with Crippen LogP contribution in [0.4, 0.5) is 0 Å². The van der Waals surface area contributed by atoms with E-state index >= 15 is 0 Å². The number of aliphatic hydroxyl groups is 1. The Morgan fingerprint density at radius 1 is 1.10 bits per heavy atom. The van der Waals surface area contributed by atoms with E-state index in [0.29, 0.717) is 6.61 Å². The van der Waals surface area contributed by atoms with Gasteiger partial charge in [0.15, 0.2) is 0 Å². The van der Waals surface area contributed by atoms with Crippen LogP contribution in [0.2, 0.25) is 0 Å². The molecular weight excluding hydrogens is 380 g/mol. The minimum atomic E-state index is -0.338. The number of fused-ring (bicyclic) bond motifs is 1. The van der Waals surface area contributed by atoms with Crippen LogP contribution >= 0.6 is 0 Å². The number of methoxy groups -OCH3 is 1. The Kier molecular flexibility index (Phi) is 13.4. The van der Waals surface area contributed by atoms with Crippen molar-refractivity contribution in [2.45, 2.75) is 91.1 Å². The third-order valence-electron chi connectivity index (χ3n) is 7.87. The molecule has 2 heteroatoms. The molecule has 0 bridgehead atoms. The maximum Gasteiger partial charge on any atom is 0.0598 e. The molecule has 2 aliphatic carbocycles. The molecule has 178 valence electrons. The summed E-state index contributed by atoms with van der Waals surface area (Å²) in [4.78, 5) is 0. The number of hydrogen-bond acceptors (Lipinski definition) is 2. The van der Waals surface area contributed by atoms with Crippen molar-refractivity contribution in [3.05, 3.63) is 49.1 Å². The zero-order chi connectivity index (χ0) is 21.9. The van der Waals surface area contributed by atoms with Crippen molar-refractivity contribution >= 4 is 0 Å². The second-order valence-corrected chi connectivity index (χ2v) is 9.84. The van der Waals surface area contributed by atoms with Crippen molar-refractivity contribution in [1.82, 2.24) is 0 Å². The molecule has 1 N–H and O–H groups in total. The molecule has 0 amide bonds. The van der Waals surface area contributed by atoms with E-state index in [2.05, 4.69) is 26.7 Å². The quantitative estimate of drug-likeness (QED) is 0.238. The molecule has 2 fully saturated rings. The Bertz CT molecular complexity index is 573. The van der Waals surface area contributed by atoms with Crippen molar-refractivity contribution in [2.24, 2.45) is 29.6 Å². The van der Waals surface area contributed by atoms with E-state index in [0.717, 1.165) is 49.0 Å². The molecule has 0 aromatic heterocycles. The molecule has 0 saturated heterocycles. The molecule has 0 aliphatic heterocycles. The second kappa shape index (κ2) is 14.9. The van der Waals surface area contributed by atoms with Gasteiger partial charge in [-0.15, -0.1) is 0 Å². The predicted octanol–water partition coefficient (Wildman–Crippen LogP) is 7.90. The predicted molar refractivity (Wildman–Crippen MR) is 136 cm³/mol. The van der Waals surface area contributed by atoms with Crippen molar-refractivity contribution < 1.29 is 9.84 Å². The van der Waals surface area contributed by atoms with Crippen LogP contribution in [-0.4, -0.2) is 24.9 Å². The number of ether oxygens (including phenoxy) is 1. The average Bonchev–Trinajstić information content (AvgIpc) is 2.78. The smallest absolute Gasteiger partial charge is 0.0598 e. The topological polar surface area (TPSA) is 29.5 Å². The molecule has 31 heavy (non-hydrogen) atoms. The van der Waals surface area contributed by atoms with Gasteiger partial charge in [-0.05, 0) is 73.7 Å². The van der Waals surface area contributed by atoms with E-state index in [1.54, 1.807) is 13.2 Å². The van der Waals surface area contributed by atoms with Crippen LogP contribution in [0, 0.1) is 29.6 Å². The zero-order valence-electron chi connectivity index (χ0n) is 19.7. The highest BCUT2D eigenvalue weighted by atomic mass is 16.5. The molecule has 0 radical (unpaired) electrons. The van der Waals surface area contributed by atoms with Gasteiger partial charge in [0.05, 0.1) is 6.10 Å². The van der Waals surface area contributed by atoms with E-state index in [-0.39, 0.29) is 25.4 Å². The number of rotatable bonds is 13. The normalized spacial score (nSPS) is 26.7. The SMILES string of the molecule is C.C=C/C=C(\C=C)CC(CCOC)C(O)C(C)CCC(=C)C1CCCC2CCCCC21. The average molecular weight is 431 g/mol. The van der Waals surface area contributed by atoms with Crippen LogP contribution in [0.1, 0.15) is 85.0 Å². The van der Waals surface area contributed by atoms with E-state index in [9.17, 15) is 5.11 Å². The highest BCUT2D eigenvalue weighted by Gasteiger charge is 2.36. The standard InChI is InChI=1S/C28H46O2.CH4/c1-6-11-23(7-2)20-25(18-19-30-5)28(29)22(4)17-16-21(3)26-15-10-13-24-12-8-9-14-27(24)26;/h6-7,11,22,24-29H,1-3,8-10,12-20H2,4-5H3;1H4/b23-11+;. The summed E-state index contributed by atoms with van der Waals surface area (Å²) >= 11 is 0. The van der Waals surface area contributed by atoms with Crippen molar-refractivity contribution in [3.63, 3.8) is 0 Å². The fourth-order valence-electron chi connectivity index (χ4n) is 6.02. The van der Waals surface area contributed by atoms with E-state index in [4.69, 9.17) is 4.74 Å². The largest absolute Gasteiger partial charge is 0.393 e. The molecule has 6 atom stereocenters.